The fraction of sp³-hybridized carbons (Fsp3) is 0.240. The zero-order valence-electron chi connectivity index (χ0n) is 16.8. The molecule has 0 aromatic heterocycles. The molecule has 1 aliphatic carbocycles. The third-order valence-corrected chi connectivity index (χ3v) is 6.27. The number of benzene rings is 3. The molecule has 1 aliphatic heterocycles. The number of rotatable bonds is 2. The highest BCUT2D eigenvalue weighted by molar-refractivity contribution is 5.79. The molecule has 30 heavy (non-hydrogen) atoms. The van der Waals surface area contributed by atoms with Crippen molar-refractivity contribution in [3.63, 3.8) is 0 Å². The van der Waals surface area contributed by atoms with Crippen molar-refractivity contribution in [1.82, 2.24) is 4.90 Å². The maximum absolute atomic E-state index is 14.6. The van der Waals surface area contributed by atoms with Gasteiger partial charge in [0.15, 0.2) is 0 Å². The van der Waals surface area contributed by atoms with Gasteiger partial charge < -0.3 is 15.4 Å². The quantitative estimate of drug-likeness (QED) is 0.612. The van der Waals surface area contributed by atoms with E-state index in [0.29, 0.717) is 29.8 Å². The van der Waals surface area contributed by atoms with E-state index in [2.05, 4.69) is 24.3 Å². The van der Waals surface area contributed by atoms with E-state index >= 15 is 0 Å². The number of halogens is 1. The predicted octanol–water partition coefficient (Wildman–Crippen LogP) is 5.02. The van der Waals surface area contributed by atoms with Crippen LogP contribution in [-0.2, 0) is 17.7 Å². The fourth-order valence-electron chi connectivity index (χ4n) is 4.75. The summed E-state index contributed by atoms with van der Waals surface area (Å²) in [6, 6.07) is 18.1. The molecule has 0 saturated carbocycles. The van der Waals surface area contributed by atoms with Crippen LogP contribution in [-0.4, -0.2) is 24.1 Å². The molecule has 152 valence electrons. The Balaban J connectivity index is 1.34. The predicted molar refractivity (Wildman–Crippen MR) is 115 cm³/mol. The molecule has 5 heteroatoms. The first-order valence-electron chi connectivity index (χ1n) is 10.2. The molecule has 2 aliphatic rings. The highest BCUT2D eigenvalue weighted by Crippen LogP contribution is 2.44. The van der Waals surface area contributed by atoms with Crippen LogP contribution < -0.4 is 5.73 Å². The van der Waals surface area contributed by atoms with E-state index in [1.165, 1.54) is 22.3 Å². The van der Waals surface area contributed by atoms with Crippen molar-refractivity contribution in [3.05, 3.63) is 88.2 Å². The minimum Gasteiger partial charge on any atom is -0.448 e. The summed E-state index contributed by atoms with van der Waals surface area (Å²) in [7, 11) is 0. The molecule has 5 rings (SSSR count). The number of nitrogens with zero attached hydrogens (tertiary/aromatic N) is 1. The van der Waals surface area contributed by atoms with Crippen molar-refractivity contribution in [3.8, 4) is 11.1 Å². The highest BCUT2D eigenvalue weighted by Gasteiger charge is 2.31. The van der Waals surface area contributed by atoms with Crippen LogP contribution in [0, 0.1) is 12.7 Å². The molecule has 3 aromatic carbocycles. The van der Waals surface area contributed by atoms with Gasteiger partial charge in [-0.3, -0.25) is 0 Å². The van der Waals surface area contributed by atoms with Crippen molar-refractivity contribution in [1.29, 1.82) is 0 Å². The molecule has 0 fully saturated rings. The van der Waals surface area contributed by atoms with Crippen molar-refractivity contribution in [2.75, 3.05) is 18.9 Å². The topological polar surface area (TPSA) is 55.6 Å². The SMILES string of the molecule is Cc1cc(N)c2c(c1F)CN(C(=O)OCC1c3ccccc3-c3ccccc31)CC2. The molecule has 0 saturated heterocycles. The maximum atomic E-state index is 14.6. The molecule has 0 atom stereocenters. The van der Waals surface area contributed by atoms with Gasteiger partial charge in [0, 0.05) is 23.7 Å². The van der Waals surface area contributed by atoms with Crippen molar-refractivity contribution >= 4 is 11.8 Å². The normalized spacial score (nSPS) is 14.8. The molecule has 0 radical (unpaired) electrons. The summed E-state index contributed by atoms with van der Waals surface area (Å²) >= 11 is 0. The number of carbonyl (C=O) groups is 1. The second-order valence-corrected chi connectivity index (χ2v) is 8.03. The minimum absolute atomic E-state index is 0.00746. The van der Waals surface area contributed by atoms with E-state index in [0.717, 1.165) is 5.56 Å². The zero-order chi connectivity index (χ0) is 20.8. The van der Waals surface area contributed by atoms with Crippen LogP contribution in [0.3, 0.4) is 0 Å². The first kappa shape index (κ1) is 18.7. The van der Waals surface area contributed by atoms with Gasteiger partial charge in [-0.2, -0.15) is 0 Å². The highest BCUT2D eigenvalue weighted by atomic mass is 19.1. The molecule has 3 aromatic rings. The van der Waals surface area contributed by atoms with E-state index in [4.69, 9.17) is 10.5 Å². The number of hydrogen-bond acceptors (Lipinski definition) is 3. The van der Waals surface area contributed by atoms with Gasteiger partial charge in [-0.25, -0.2) is 9.18 Å². The van der Waals surface area contributed by atoms with Gasteiger partial charge in [0.2, 0.25) is 0 Å². The van der Waals surface area contributed by atoms with Gasteiger partial charge >= 0.3 is 6.09 Å². The first-order chi connectivity index (χ1) is 14.5. The van der Waals surface area contributed by atoms with E-state index in [1.807, 2.05) is 24.3 Å². The number of carbonyl (C=O) groups excluding carboxylic acids is 1. The molecule has 2 N–H and O–H groups in total. The van der Waals surface area contributed by atoms with E-state index in [9.17, 15) is 9.18 Å². The number of aryl methyl sites for hydroxylation is 1. The summed E-state index contributed by atoms with van der Waals surface area (Å²) in [6.45, 7) is 2.60. The van der Waals surface area contributed by atoms with E-state index in [1.54, 1.807) is 17.9 Å². The van der Waals surface area contributed by atoms with Gasteiger partial charge in [0.25, 0.3) is 0 Å². The Morgan fingerprint density at radius 2 is 1.73 bits per heavy atom. The number of anilines is 1. The van der Waals surface area contributed by atoms with Crippen molar-refractivity contribution < 1.29 is 13.9 Å². The van der Waals surface area contributed by atoms with Crippen LogP contribution in [0.5, 0.6) is 0 Å². The number of nitrogens with two attached hydrogens (primary N) is 1. The summed E-state index contributed by atoms with van der Waals surface area (Å²) in [5.41, 5.74) is 13.2. The minimum atomic E-state index is -0.415. The Morgan fingerprint density at radius 1 is 1.10 bits per heavy atom. The monoisotopic (exact) mass is 402 g/mol. The lowest BCUT2D eigenvalue weighted by molar-refractivity contribution is 0.0949. The number of ether oxygens (including phenoxy) is 1. The van der Waals surface area contributed by atoms with Gasteiger partial charge in [-0.1, -0.05) is 48.5 Å². The Kier molecular flexibility index (Phi) is 4.46. The molecule has 0 bridgehead atoms. The Morgan fingerprint density at radius 3 is 2.40 bits per heavy atom. The first-order valence-corrected chi connectivity index (χ1v) is 10.2. The molecule has 1 amide bonds. The Labute approximate surface area is 175 Å². The van der Waals surface area contributed by atoms with Gasteiger partial charge in [0.05, 0.1) is 6.54 Å². The Hall–Kier alpha value is -3.34. The second-order valence-electron chi connectivity index (χ2n) is 8.03. The van der Waals surface area contributed by atoms with Crippen LogP contribution in [0.1, 0.15) is 33.7 Å². The Bertz CT molecular complexity index is 1110. The summed E-state index contributed by atoms with van der Waals surface area (Å²) < 4.78 is 20.4. The maximum Gasteiger partial charge on any atom is 0.410 e. The smallest absolute Gasteiger partial charge is 0.410 e. The summed E-state index contributed by atoms with van der Waals surface area (Å²) in [5, 5.41) is 0. The lowest BCUT2D eigenvalue weighted by atomic mass is 9.95. The number of hydrogen-bond donors (Lipinski definition) is 1. The second kappa shape index (κ2) is 7.17. The van der Waals surface area contributed by atoms with Crippen LogP contribution in [0.15, 0.2) is 54.6 Å². The molecular weight excluding hydrogens is 379 g/mol. The summed E-state index contributed by atoms with van der Waals surface area (Å²) in [6.07, 6.45) is 0.115. The number of fused-ring (bicyclic) bond motifs is 4. The average molecular weight is 402 g/mol. The van der Waals surface area contributed by atoms with Gasteiger partial charge in [-0.15, -0.1) is 0 Å². The van der Waals surface area contributed by atoms with E-state index < -0.39 is 6.09 Å². The fourth-order valence-corrected chi connectivity index (χ4v) is 4.75. The van der Waals surface area contributed by atoms with Gasteiger partial charge in [0.1, 0.15) is 12.4 Å². The van der Waals surface area contributed by atoms with Crippen LogP contribution in [0.25, 0.3) is 11.1 Å². The average Bonchev–Trinajstić information content (AvgIpc) is 3.09. The molecular formula is C25H23FN2O2. The zero-order valence-corrected chi connectivity index (χ0v) is 16.8. The van der Waals surface area contributed by atoms with Crippen LogP contribution >= 0.6 is 0 Å². The van der Waals surface area contributed by atoms with Gasteiger partial charge in [-0.05, 0) is 52.8 Å². The third kappa shape index (κ3) is 2.93. The number of amides is 1. The molecule has 0 unspecified atom stereocenters. The van der Waals surface area contributed by atoms with Crippen molar-refractivity contribution in [2.45, 2.75) is 25.8 Å². The summed E-state index contributed by atoms with van der Waals surface area (Å²) in [5.74, 6) is -0.275. The van der Waals surface area contributed by atoms with Crippen LogP contribution in [0.2, 0.25) is 0 Å². The lowest BCUT2D eigenvalue weighted by Crippen LogP contribution is -2.37. The van der Waals surface area contributed by atoms with E-state index in [-0.39, 0.29) is 24.9 Å². The van der Waals surface area contributed by atoms with Crippen LogP contribution in [0.4, 0.5) is 14.9 Å². The standard InChI is InChI=1S/C25H23FN2O2/c1-15-12-23(27)20-10-11-28(13-21(20)24(15)26)25(29)30-14-22-18-8-4-2-6-16(18)17-7-3-5-9-19(17)22/h2-9,12,22H,10-11,13-14,27H2,1H3. The lowest BCUT2D eigenvalue weighted by Gasteiger charge is -2.30. The van der Waals surface area contributed by atoms with Crippen molar-refractivity contribution in [2.24, 2.45) is 0 Å². The number of nitrogen functional groups attached to an aromatic ring is 1. The molecule has 0 spiro atoms. The molecule has 4 nitrogen and oxygen atoms in total. The molecule has 1 heterocycles. The third-order valence-electron chi connectivity index (χ3n) is 6.27. The summed E-state index contributed by atoms with van der Waals surface area (Å²) in [4.78, 5) is 14.4. The largest absolute Gasteiger partial charge is 0.448 e.